The number of aromatic nitrogens is 3. The molecule has 30 heavy (non-hydrogen) atoms. The Balaban J connectivity index is 1.52. The van der Waals surface area contributed by atoms with Gasteiger partial charge >= 0.3 is 0 Å². The average molecular weight is 421 g/mol. The van der Waals surface area contributed by atoms with Crippen LogP contribution in [0.15, 0.2) is 60.5 Å². The number of nitrogens with two attached hydrogens (primary N) is 1. The molecule has 3 aromatic heterocycles. The maximum atomic E-state index is 10.7. The Morgan fingerprint density at radius 2 is 1.97 bits per heavy atom. The number of aliphatic hydroxyl groups is 2. The molecule has 5 rings (SSSR count). The number of benzene rings is 1. The van der Waals surface area contributed by atoms with Crippen LogP contribution in [-0.2, 0) is 6.42 Å². The molecule has 0 unspecified atom stereocenters. The Bertz CT molecular complexity index is 1160. The lowest BCUT2D eigenvalue weighted by atomic mass is 10.1. The Kier molecular flexibility index (Phi) is 5.12. The third kappa shape index (κ3) is 3.33. The summed E-state index contributed by atoms with van der Waals surface area (Å²) in [5.74, 6) is -0.119. The molecule has 1 aromatic carbocycles. The molecule has 0 bridgehead atoms. The molecule has 1 aliphatic carbocycles. The SMILES string of the molecule is NC[C@H]1C[C@@H](n2cc(-c3cc(Cc4ccccc4)cs3)c3cncnc32)[C@H](O)[C@@H]1O. The van der Waals surface area contributed by atoms with E-state index < -0.39 is 12.2 Å². The zero-order valence-electron chi connectivity index (χ0n) is 16.4. The fourth-order valence-corrected chi connectivity index (χ4v) is 5.43. The van der Waals surface area contributed by atoms with Gasteiger partial charge in [-0.3, -0.25) is 0 Å². The van der Waals surface area contributed by atoms with Crippen molar-refractivity contribution >= 4 is 22.4 Å². The Labute approximate surface area is 178 Å². The summed E-state index contributed by atoms with van der Waals surface area (Å²) in [6, 6.07) is 12.4. The molecule has 7 heteroatoms. The van der Waals surface area contributed by atoms with Crippen LogP contribution in [0.5, 0.6) is 0 Å². The minimum Gasteiger partial charge on any atom is -0.390 e. The van der Waals surface area contributed by atoms with Crippen LogP contribution in [-0.4, -0.2) is 43.5 Å². The first kappa shape index (κ1) is 19.4. The van der Waals surface area contributed by atoms with Gasteiger partial charge in [0.25, 0.3) is 0 Å². The van der Waals surface area contributed by atoms with Gasteiger partial charge in [-0.2, -0.15) is 0 Å². The molecule has 1 aliphatic rings. The summed E-state index contributed by atoms with van der Waals surface area (Å²) in [6.07, 6.45) is 5.21. The van der Waals surface area contributed by atoms with E-state index in [1.54, 1.807) is 11.3 Å². The van der Waals surface area contributed by atoms with Gasteiger partial charge in [-0.05, 0) is 42.0 Å². The number of hydrogen-bond donors (Lipinski definition) is 3. The van der Waals surface area contributed by atoms with Crippen LogP contribution < -0.4 is 5.73 Å². The lowest BCUT2D eigenvalue weighted by molar-refractivity contribution is 0.00823. The van der Waals surface area contributed by atoms with Crippen molar-refractivity contribution in [3.8, 4) is 10.4 Å². The normalized spacial score (nSPS) is 24.0. The molecule has 0 saturated heterocycles. The van der Waals surface area contributed by atoms with Gasteiger partial charge in [-0.15, -0.1) is 11.3 Å². The second-order valence-corrected chi connectivity index (χ2v) is 8.88. The molecular formula is C23H24N4O2S. The van der Waals surface area contributed by atoms with Crippen LogP contribution >= 0.6 is 11.3 Å². The molecule has 4 atom stereocenters. The van der Waals surface area contributed by atoms with Crippen molar-refractivity contribution in [2.24, 2.45) is 11.7 Å². The number of aliphatic hydroxyl groups excluding tert-OH is 2. The third-order valence-corrected chi connectivity index (χ3v) is 7.11. The number of rotatable bonds is 5. The lowest BCUT2D eigenvalue weighted by Crippen LogP contribution is -2.31. The summed E-state index contributed by atoms with van der Waals surface area (Å²) in [4.78, 5) is 9.86. The average Bonchev–Trinajstić information content (AvgIpc) is 3.46. The first-order valence-corrected chi connectivity index (χ1v) is 11.0. The van der Waals surface area contributed by atoms with Crippen molar-refractivity contribution in [1.82, 2.24) is 14.5 Å². The van der Waals surface area contributed by atoms with Crippen LogP contribution in [0, 0.1) is 5.92 Å². The molecule has 3 heterocycles. The molecule has 4 aromatic rings. The van der Waals surface area contributed by atoms with E-state index in [1.807, 2.05) is 23.0 Å². The second kappa shape index (κ2) is 7.92. The molecule has 0 amide bonds. The molecule has 0 spiro atoms. The fraction of sp³-hybridized carbons (Fsp3) is 0.304. The number of hydrogen-bond acceptors (Lipinski definition) is 6. The van der Waals surface area contributed by atoms with Crippen LogP contribution in [0.4, 0.5) is 0 Å². The molecule has 1 fully saturated rings. The maximum Gasteiger partial charge on any atom is 0.144 e. The minimum atomic E-state index is -0.867. The van der Waals surface area contributed by atoms with E-state index in [0.717, 1.165) is 27.9 Å². The quantitative estimate of drug-likeness (QED) is 0.461. The van der Waals surface area contributed by atoms with Crippen LogP contribution in [0.25, 0.3) is 21.5 Å². The van der Waals surface area contributed by atoms with E-state index in [4.69, 9.17) is 5.73 Å². The number of thiophene rings is 1. The Morgan fingerprint density at radius 3 is 2.73 bits per heavy atom. The topological polar surface area (TPSA) is 97.2 Å². The van der Waals surface area contributed by atoms with E-state index in [2.05, 4.69) is 45.7 Å². The van der Waals surface area contributed by atoms with Gasteiger partial charge in [0.15, 0.2) is 0 Å². The zero-order chi connectivity index (χ0) is 20.7. The standard InChI is InChI=1S/C23H24N4O2S/c24-9-16-8-19(22(29)21(16)28)27-11-18(17-10-25-13-26-23(17)27)20-7-15(12-30-20)6-14-4-2-1-3-5-14/h1-5,7,10-13,16,19,21-22,28-29H,6,8-9,24H2/t16-,19-,21-,22+/m1/s1. The van der Waals surface area contributed by atoms with Gasteiger partial charge < -0.3 is 20.5 Å². The minimum absolute atomic E-state index is 0.119. The molecule has 0 aliphatic heterocycles. The summed E-state index contributed by atoms with van der Waals surface area (Å²) in [5.41, 5.74) is 10.2. The summed E-state index contributed by atoms with van der Waals surface area (Å²) in [6.45, 7) is 0.351. The van der Waals surface area contributed by atoms with E-state index >= 15 is 0 Å². The number of nitrogens with zero attached hydrogens (tertiary/aromatic N) is 3. The van der Waals surface area contributed by atoms with E-state index in [-0.39, 0.29) is 12.0 Å². The van der Waals surface area contributed by atoms with Crippen LogP contribution in [0.3, 0.4) is 0 Å². The van der Waals surface area contributed by atoms with Crippen molar-refractivity contribution < 1.29 is 10.2 Å². The predicted molar refractivity (Wildman–Crippen MR) is 118 cm³/mol. The zero-order valence-corrected chi connectivity index (χ0v) is 17.2. The van der Waals surface area contributed by atoms with Crippen LogP contribution in [0.1, 0.15) is 23.6 Å². The maximum absolute atomic E-state index is 10.7. The fourth-order valence-electron chi connectivity index (χ4n) is 4.49. The highest BCUT2D eigenvalue weighted by molar-refractivity contribution is 7.13. The van der Waals surface area contributed by atoms with Crippen molar-refractivity contribution in [3.05, 3.63) is 71.6 Å². The van der Waals surface area contributed by atoms with Crippen molar-refractivity contribution in [2.45, 2.75) is 31.1 Å². The number of fused-ring (bicyclic) bond motifs is 1. The summed E-state index contributed by atoms with van der Waals surface area (Å²) >= 11 is 1.70. The molecule has 154 valence electrons. The van der Waals surface area contributed by atoms with Crippen LogP contribution in [0.2, 0.25) is 0 Å². The van der Waals surface area contributed by atoms with Gasteiger partial charge in [0, 0.05) is 34.1 Å². The smallest absolute Gasteiger partial charge is 0.144 e. The Hall–Kier alpha value is -2.58. The third-order valence-electron chi connectivity index (χ3n) is 6.10. The van der Waals surface area contributed by atoms with Gasteiger partial charge in [0.1, 0.15) is 18.1 Å². The summed E-state index contributed by atoms with van der Waals surface area (Å²) in [5, 5.41) is 24.1. The molecule has 1 saturated carbocycles. The van der Waals surface area contributed by atoms with E-state index in [9.17, 15) is 10.2 Å². The monoisotopic (exact) mass is 420 g/mol. The van der Waals surface area contributed by atoms with Crippen molar-refractivity contribution in [2.75, 3.05) is 6.54 Å². The first-order valence-electron chi connectivity index (χ1n) is 10.1. The lowest BCUT2D eigenvalue weighted by Gasteiger charge is -2.18. The highest BCUT2D eigenvalue weighted by atomic mass is 32.1. The summed E-state index contributed by atoms with van der Waals surface area (Å²) < 4.78 is 1.99. The van der Waals surface area contributed by atoms with Gasteiger partial charge in [-0.1, -0.05) is 30.3 Å². The van der Waals surface area contributed by atoms with Gasteiger partial charge in [-0.25, -0.2) is 9.97 Å². The summed E-state index contributed by atoms with van der Waals surface area (Å²) in [7, 11) is 0. The molecule has 6 nitrogen and oxygen atoms in total. The van der Waals surface area contributed by atoms with Crippen molar-refractivity contribution in [3.63, 3.8) is 0 Å². The highest BCUT2D eigenvalue weighted by Gasteiger charge is 2.42. The Morgan fingerprint density at radius 1 is 1.13 bits per heavy atom. The van der Waals surface area contributed by atoms with Gasteiger partial charge in [0.2, 0.25) is 0 Å². The van der Waals surface area contributed by atoms with E-state index in [0.29, 0.717) is 13.0 Å². The molecular weight excluding hydrogens is 396 g/mol. The van der Waals surface area contributed by atoms with E-state index in [1.165, 1.54) is 17.5 Å². The second-order valence-electron chi connectivity index (χ2n) is 7.97. The molecule has 0 radical (unpaired) electrons. The molecule has 4 N–H and O–H groups in total. The predicted octanol–water partition coefficient (Wildman–Crippen LogP) is 2.99. The largest absolute Gasteiger partial charge is 0.390 e. The van der Waals surface area contributed by atoms with Crippen molar-refractivity contribution in [1.29, 1.82) is 0 Å². The first-order chi connectivity index (χ1) is 14.7. The highest BCUT2D eigenvalue weighted by Crippen LogP contribution is 2.40. The van der Waals surface area contributed by atoms with Gasteiger partial charge in [0.05, 0.1) is 12.1 Å².